The van der Waals surface area contributed by atoms with E-state index in [1.54, 1.807) is 42.8 Å². The summed E-state index contributed by atoms with van der Waals surface area (Å²) in [5.74, 6) is 1.80. The number of hydrogen-bond acceptors (Lipinski definition) is 5. The smallest absolute Gasteiger partial charge is 0.243 e. The molecule has 1 aliphatic rings. The molecule has 2 aromatic carbocycles. The number of carbonyl (C=O) groups is 1. The number of nitrogens with one attached hydrogen (secondary N) is 1. The zero-order chi connectivity index (χ0) is 22.4. The fourth-order valence-corrected chi connectivity index (χ4v) is 5.10. The van der Waals surface area contributed by atoms with E-state index in [0.717, 1.165) is 18.4 Å². The van der Waals surface area contributed by atoms with Crippen LogP contribution in [0.5, 0.6) is 11.5 Å². The van der Waals surface area contributed by atoms with Crippen LogP contribution >= 0.6 is 0 Å². The van der Waals surface area contributed by atoms with Crippen molar-refractivity contribution < 1.29 is 22.7 Å². The summed E-state index contributed by atoms with van der Waals surface area (Å²) in [5, 5.41) is 2.82. The second-order valence-electron chi connectivity index (χ2n) is 7.84. The van der Waals surface area contributed by atoms with Crippen molar-refractivity contribution in [2.75, 3.05) is 32.6 Å². The third-order valence-corrected chi connectivity index (χ3v) is 7.54. The summed E-state index contributed by atoms with van der Waals surface area (Å²) in [4.78, 5) is 12.6. The highest BCUT2D eigenvalue weighted by molar-refractivity contribution is 7.89. The third-order valence-electron chi connectivity index (χ3n) is 5.63. The van der Waals surface area contributed by atoms with E-state index in [9.17, 15) is 13.2 Å². The first-order chi connectivity index (χ1) is 14.8. The summed E-state index contributed by atoms with van der Waals surface area (Å²) in [6.07, 6.45) is 2.51. The molecule has 1 amide bonds. The number of piperidine rings is 1. The Balaban J connectivity index is 1.59. The molecule has 0 aromatic heterocycles. The van der Waals surface area contributed by atoms with E-state index in [0.29, 0.717) is 42.6 Å². The minimum atomic E-state index is -3.50. The number of amides is 1. The highest BCUT2D eigenvalue weighted by atomic mass is 32.2. The molecule has 0 atom stereocenters. The Morgan fingerprint density at radius 2 is 1.74 bits per heavy atom. The third kappa shape index (κ3) is 5.77. The molecule has 2 aromatic rings. The molecule has 3 rings (SSSR count). The van der Waals surface area contributed by atoms with Gasteiger partial charge in [0.1, 0.15) is 11.5 Å². The quantitative estimate of drug-likeness (QED) is 0.668. The number of sulfonamides is 1. The van der Waals surface area contributed by atoms with Gasteiger partial charge in [-0.1, -0.05) is 6.92 Å². The number of hydrogen-bond donors (Lipinski definition) is 1. The summed E-state index contributed by atoms with van der Waals surface area (Å²) in [5.41, 5.74) is 1.45. The molecule has 31 heavy (non-hydrogen) atoms. The van der Waals surface area contributed by atoms with Gasteiger partial charge in [-0.25, -0.2) is 8.42 Å². The Morgan fingerprint density at radius 3 is 2.35 bits per heavy atom. The lowest BCUT2D eigenvalue weighted by Crippen LogP contribution is -2.37. The number of carbonyl (C=O) groups excluding carboxylic acids is 1. The fourth-order valence-electron chi connectivity index (χ4n) is 3.63. The van der Waals surface area contributed by atoms with Crippen LogP contribution in [-0.2, 0) is 21.2 Å². The van der Waals surface area contributed by atoms with Crippen LogP contribution in [-0.4, -0.2) is 45.9 Å². The van der Waals surface area contributed by atoms with Crippen LogP contribution in [0.25, 0.3) is 0 Å². The maximum Gasteiger partial charge on any atom is 0.243 e. The van der Waals surface area contributed by atoms with Crippen LogP contribution in [0.2, 0.25) is 0 Å². The minimum absolute atomic E-state index is 0.162. The van der Waals surface area contributed by atoms with Crippen LogP contribution in [0.4, 0.5) is 5.69 Å². The van der Waals surface area contributed by atoms with Crippen molar-refractivity contribution in [1.82, 2.24) is 4.31 Å². The monoisotopic (exact) mass is 446 g/mol. The van der Waals surface area contributed by atoms with Gasteiger partial charge in [-0.15, -0.1) is 0 Å². The van der Waals surface area contributed by atoms with E-state index in [2.05, 4.69) is 12.2 Å². The van der Waals surface area contributed by atoms with Crippen molar-refractivity contribution in [2.24, 2.45) is 5.92 Å². The van der Waals surface area contributed by atoms with E-state index in [1.165, 1.54) is 0 Å². The van der Waals surface area contributed by atoms with Crippen molar-refractivity contribution >= 4 is 21.6 Å². The Bertz CT molecular complexity index is 997. The molecule has 0 bridgehead atoms. The lowest BCUT2D eigenvalue weighted by Gasteiger charge is -2.29. The minimum Gasteiger partial charge on any atom is -0.497 e. The van der Waals surface area contributed by atoms with Gasteiger partial charge in [-0.05, 0) is 73.2 Å². The van der Waals surface area contributed by atoms with Crippen molar-refractivity contribution in [3.05, 3.63) is 48.0 Å². The van der Waals surface area contributed by atoms with E-state index in [1.807, 2.05) is 18.2 Å². The van der Waals surface area contributed by atoms with E-state index < -0.39 is 10.0 Å². The first-order valence-electron chi connectivity index (χ1n) is 10.4. The van der Waals surface area contributed by atoms with Gasteiger partial charge in [0.05, 0.1) is 19.1 Å². The van der Waals surface area contributed by atoms with Gasteiger partial charge < -0.3 is 14.8 Å². The van der Waals surface area contributed by atoms with E-state index in [4.69, 9.17) is 9.47 Å². The van der Waals surface area contributed by atoms with Gasteiger partial charge in [0.15, 0.2) is 0 Å². The van der Waals surface area contributed by atoms with Crippen LogP contribution in [0.15, 0.2) is 47.4 Å². The SMILES string of the molecule is COc1ccc(OC)c(CCC(=O)Nc2ccc(S(=O)(=O)N3CCC(C)CC3)cc2)c1. The summed E-state index contributed by atoms with van der Waals surface area (Å²) < 4.78 is 37.8. The molecule has 168 valence electrons. The molecule has 1 fully saturated rings. The Hall–Kier alpha value is -2.58. The average molecular weight is 447 g/mol. The fraction of sp³-hybridized carbons (Fsp3) is 0.435. The summed E-state index contributed by atoms with van der Waals surface area (Å²) in [7, 11) is -0.316. The summed E-state index contributed by atoms with van der Waals surface area (Å²) >= 11 is 0. The summed E-state index contributed by atoms with van der Waals surface area (Å²) in [6, 6.07) is 11.8. The van der Waals surface area contributed by atoms with Crippen LogP contribution in [0.1, 0.15) is 31.7 Å². The molecule has 0 unspecified atom stereocenters. The number of nitrogens with zero attached hydrogens (tertiary/aromatic N) is 1. The van der Waals surface area contributed by atoms with Crippen molar-refractivity contribution in [3.63, 3.8) is 0 Å². The van der Waals surface area contributed by atoms with Crippen molar-refractivity contribution in [3.8, 4) is 11.5 Å². The molecule has 0 saturated carbocycles. The highest BCUT2D eigenvalue weighted by Gasteiger charge is 2.27. The summed E-state index contributed by atoms with van der Waals surface area (Å²) in [6.45, 7) is 3.25. The van der Waals surface area contributed by atoms with E-state index in [-0.39, 0.29) is 17.2 Å². The van der Waals surface area contributed by atoms with Crippen molar-refractivity contribution in [2.45, 2.75) is 37.5 Å². The molecule has 1 heterocycles. The number of benzene rings is 2. The molecule has 0 aliphatic carbocycles. The van der Waals surface area contributed by atoms with Gasteiger partial charge in [0, 0.05) is 25.2 Å². The first-order valence-corrected chi connectivity index (χ1v) is 11.9. The zero-order valence-electron chi connectivity index (χ0n) is 18.3. The van der Waals surface area contributed by atoms with E-state index >= 15 is 0 Å². The second-order valence-corrected chi connectivity index (χ2v) is 9.77. The number of aryl methyl sites for hydroxylation is 1. The van der Waals surface area contributed by atoms with Crippen molar-refractivity contribution in [1.29, 1.82) is 0 Å². The molecule has 1 saturated heterocycles. The lowest BCUT2D eigenvalue weighted by molar-refractivity contribution is -0.116. The zero-order valence-corrected chi connectivity index (χ0v) is 19.1. The van der Waals surface area contributed by atoms with Gasteiger partial charge in [-0.3, -0.25) is 4.79 Å². The number of methoxy groups -OCH3 is 2. The van der Waals surface area contributed by atoms with Crippen LogP contribution < -0.4 is 14.8 Å². The lowest BCUT2D eigenvalue weighted by atomic mass is 10.0. The molecular weight excluding hydrogens is 416 g/mol. The predicted octanol–water partition coefficient (Wildman–Crippen LogP) is 3.70. The molecule has 1 N–H and O–H groups in total. The molecule has 0 radical (unpaired) electrons. The molecule has 8 heteroatoms. The Labute approximate surface area is 184 Å². The Morgan fingerprint density at radius 1 is 1.06 bits per heavy atom. The largest absolute Gasteiger partial charge is 0.497 e. The first kappa shape index (κ1) is 23.1. The van der Waals surface area contributed by atoms with Crippen LogP contribution in [0.3, 0.4) is 0 Å². The normalized spacial score (nSPS) is 15.5. The standard InChI is InChI=1S/C23H30N2O5S/c1-17-12-14-25(15-13-17)31(27,28)21-8-5-19(6-9-21)24-23(26)11-4-18-16-20(29-2)7-10-22(18)30-3/h5-10,16-17H,4,11-15H2,1-3H3,(H,24,26). The molecule has 0 spiro atoms. The van der Waals surface area contributed by atoms with Gasteiger partial charge in [-0.2, -0.15) is 4.31 Å². The topological polar surface area (TPSA) is 84.9 Å². The van der Waals surface area contributed by atoms with Gasteiger partial charge >= 0.3 is 0 Å². The predicted molar refractivity (Wildman–Crippen MR) is 120 cm³/mol. The van der Waals surface area contributed by atoms with Gasteiger partial charge in [0.25, 0.3) is 0 Å². The van der Waals surface area contributed by atoms with Gasteiger partial charge in [0.2, 0.25) is 15.9 Å². The Kier molecular flexibility index (Phi) is 7.56. The average Bonchev–Trinajstić information content (AvgIpc) is 2.78. The number of ether oxygens (including phenoxy) is 2. The number of anilines is 1. The molecule has 1 aliphatic heterocycles. The maximum atomic E-state index is 12.8. The molecular formula is C23H30N2O5S. The maximum absolute atomic E-state index is 12.8. The van der Waals surface area contributed by atoms with Crippen LogP contribution in [0, 0.1) is 5.92 Å². The molecule has 7 nitrogen and oxygen atoms in total. The second kappa shape index (κ2) is 10.2. The highest BCUT2D eigenvalue weighted by Crippen LogP contribution is 2.26. The number of rotatable bonds is 8.